The predicted molar refractivity (Wildman–Crippen MR) is 110 cm³/mol. The molecule has 0 spiro atoms. The van der Waals surface area contributed by atoms with Crippen LogP contribution in [0.25, 0.3) is 0 Å². The number of hydrogen-bond acceptors (Lipinski definition) is 6. The predicted octanol–water partition coefficient (Wildman–Crippen LogP) is 2.28. The zero-order valence-electron chi connectivity index (χ0n) is 18.1. The van der Waals surface area contributed by atoms with Crippen LogP contribution in [0.4, 0.5) is 4.79 Å². The SMILES string of the molecule is CCOC(=O)[C@@H]1CCN2CC[C@@](Cc3ccccc3)(NC(=O)OC(C)(C)C)C(=O)N12. The van der Waals surface area contributed by atoms with Gasteiger partial charge in [0.15, 0.2) is 0 Å². The Labute approximate surface area is 177 Å². The van der Waals surface area contributed by atoms with Gasteiger partial charge < -0.3 is 14.8 Å². The van der Waals surface area contributed by atoms with Gasteiger partial charge >= 0.3 is 12.1 Å². The van der Waals surface area contributed by atoms with Crippen LogP contribution in [0, 0.1) is 0 Å². The van der Waals surface area contributed by atoms with Crippen molar-refractivity contribution >= 4 is 18.0 Å². The number of carbonyl (C=O) groups is 3. The topological polar surface area (TPSA) is 88.2 Å². The maximum absolute atomic E-state index is 13.8. The van der Waals surface area contributed by atoms with Crippen molar-refractivity contribution in [2.75, 3.05) is 19.7 Å². The third kappa shape index (κ3) is 4.75. The molecule has 0 saturated carbocycles. The number of ether oxygens (including phenoxy) is 2. The van der Waals surface area contributed by atoms with Crippen molar-refractivity contribution in [2.24, 2.45) is 0 Å². The smallest absolute Gasteiger partial charge is 0.408 e. The normalized spacial score (nSPS) is 24.3. The van der Waals surface area contributed by atoms with Crippen LogP contribution >= 0.6 is 0 Å². The first-order valence-electron chi connectivity index (χ1n) is 10.5. The number of alkyl carbamates (subject to hydrolysis) is 1. The summed E-state index contributed by atoms with van der Waals surface area (Å²) in [6, 6.07) is 8.86. The molecule has 2 saturated heterocycles. The van der Waals surface area contributed by atoms with Gasteiger partial charge in [0, 0.05) is 19.5 Å². The van der Waals surface area contributed by atoms with E-state index in [1.54, 1.807) is 27.7 Å². The molecule has 30 heavy (non-hydrogen) atoms. The van der Waals surface area contributed by atoms with Crippen molar-refractivity contribution in [2.45, 2.75) is 64.1 Å². The second-order valence-electron chi connectivity index (χ2n) is 8.78. The van der Waals surface area contributed by atoms with Crippen molar-refractivity contribution < 1.29 is 23.9 Å². The average molecular weight is 418 g/mol. The summed E-state index contributed by atoms with van der Waals surface area (Å²) in [4.78, 5) is 38.9. The van der Waals surface area contributed by atoms with Crippen LogP contribution < -0.4 is 5.32 Å². The second kappa shape index (κ2) is 8.63. The summed E-state index contributed by atoms with van der Waals surface area (Å²) in [6.45, 7) is 8.47. The molecule has 2 aliphatic heterocycles. The molecule has 164 valence electrons. The van der Waals surface area contributed by atoms with Crippen molar-refractivity contribution in [1.82, 2.24) is 15.3 Å². The quantitative estimate of drug-likeness (QED) is 0.740. The van der Waals surface area contributed by atoms with E-state index in [1.165, 1.54) is 5.01 Å². The highest BCUT2D eigenvalue weighted by Gasteiger charge is 2.54. The van der Waals surface area contributed by atoms with Crippen LogP contribution in [0.2, 0.25) is 0 Å². The first-order valence-corrected chi connectivity index (χ1v) is 10.5. The highest BCUT2D eigenvalue weighted by molar-refractivity contribution is 5.94. The highest BCUT2D eigenvalue weighted by atomic mass is 16.6. The van der Waals surface area contributed by atoms with E-state index in [0.29, 0.717) is 32.4 Å². The molecular weight excluding hydrogens is 386 g/mol. The molecule has 8 heteroatoms. The summed E-state index contributed by atoms with van der Waals surface area (Å²) in [6.07, 6.45) is 0.600. The summed E-state index contributed by atoms with van der Waals surface area (Å²) in [5.74, 6) is -0.722. The molecule has 2 fully saturated rings. The largest absolute Gasteiger partial charge is 0.464 e. The van der Waals surface area contributed by atoms with E-state index >= 15 is 0 Å². The Kier molecular flexibility index (Phi) is 6.36. The number of amides is 2. The van der Waals surface area contributed by atoms with Gasteiger partial charge in [0.05, 0.1) is 6.61 Å². The van der Waals surface area contributed by atoms with E-state index in [2.05, 4.69) is 5.32 Å². The molecule has 0 aliphatic carbocycles. The van der Waals surface area contributed by atoms with Crippen LogP contribution in [-0.4, -0.2) is 64.9 Å². The van der Waals surface area contributed by atoms with Crippen LogP contribution in [0.15, 0.2) is 30.3 Å². The lowest BCUT2D eigenvalue weighted by Gasteiger charge is -2.46. The van der Waals surface area contributed by atoms with Gasteiger partial charge in [-0.3, -0.25) is 9.80 Å². The number of nitrogens with zero attached hydrogens (tertiary/aromatic N) is 2. The van der Waals surface area contributed by atoms with Crippen molar-refractivity contribution in [3.05, 3.63) is 35.9 Å². The Morgan fingerprint density at radius 3 is 2.53 bits per heavy atom. The van der Waals surface area contributed by atoms with Crippen molar-refractivity contribution in [3.8, 4) is 0 Å². The third-order valence-electron chi connectivity index (χ3n) is 5.32. The first kappa shape index (κ1) is 22.1. The Morgan fingerprint density at radius 1 is 1.20 bits per heavy atom. The minimum absolute atomic E-state index is 0.253. The number of esters is 1. The standard InChI is InChI=1S/C22H31N3O5/c1-5-29-18(26)17-11-13-24-14-12-22(19(27)25(17)24,15-16-9-7-6-8-10-16)23-20(28)30-21(2,3)4/h6-10,17H,5,11-15H2,1-4H3,(H,23,28)/t17-,22-/m0/s1. The summed E-state index contributed by atoms with van der Waals surface area (Å²) in [7, 11) is 0. The Balaban J connectivity index is 1.91. The molecule has 3 rings (SSSR count). The molecule has 1 aromatic rings. The van der Waals surface area contributed by atoms with Gasteiger partial charge in [-0.2, -0.15) is 0 Å². The second-order valence-corrected chi connectivity index (χ2v) is 8.78. The minimum Gasteiger partial charge on any atom is -0.464 e. The summed E-state index contributed by atoms with van der Waals surface area (Å²) in [5, 5.41) is 6.23. The minimum atomic E-state index is -1.20. The van der Waals surface area contributed by atoms with E-state index in [9.17, 15) is 14.4 Å². The molecule has 2 aliphatic rings. The van der Waals surface area contributed by atoms with E-state index in [1.807, 2.05) is 35.3 Å². The molecule has 1 aromatic carbocycles. The van der Waals surface area contributed by atoms with Gasteiger partial charge in [-0.25, -0.2) is 14.6 Å². The van der Waals surface area contributed by atoms with Gasteiger partial charge in [0.25, 0.3) is 5.91 Å². The maximum Gasteiger partial charge on any atom is 0.408 e. The fraction of sp³-hybridized carbons (Fsp3) is 0.591. The lowest BCUT2D eigenvalue weighted by molar-refractivity contribution is -0.173. The third-order valence-corrected chi connectivity index (χ3v) is 5.32. The van der Waals surface area contributed by atoms with Gasteiger partial charge in [-0.05, 0) is 46.1 Å². The molecule has 0 aromatic heterocycles. The maximum atomic E-state index is 13.8. The summed E-state index contributed by atoms with van der Waals surface area (Å²) < 4.78 is 10.6. The molecule has 2 heterocycles. The number of fused-ring (bicyclic) bond motifs is 1. The van der Waals surface area contributed by atoms with Gasteiger partial charge in [-0.15, -0.1) is 0 Å². The van der Waals surface area contributed by atoms with Gasteiger partial charge in [-0.1, -0.05) is 30.3 Å². The molecule has 0 unspecified atom stereocenters. The Bertz CT molecular complexity index is 792. The monoisotopic (exact) mass is 417 g/mol. The first-order chi connectivity index (χ1) is 14.1. The number of rotatable bonds is 5. The van der Waals surface area contributed by atoms with Gasteiger partial charge in [0.2, 0.25) is 0 Å². The Morgan fingerprint density at radius 2 is 1.90 bits per heavy atom. The number of carbonyl (C=O) groups excluding carboxylic acids is 3. The Hall–Kier alpha value is -2.61. The van der Waals surface area contributed by atoms with Crippen LogP contribution in [0.3, 0.4) is 0 Å². The average Bonchev–Trinajstić information content (AvgIpc) is 3.09. The van der Waals surface area contributed by atoms with Crippen molar-refractivity contribution in [1.29, 1.82) is 0 Å². The lowest BCUT2D eigenvalue weighted by atomic mass is 9.84. The number of hydrazine groups is 1. The summed E-state index contributed by atoms with van der Waals surface area (Å²) >= 11 is 0. The van der Waals surface area contributed by atoms with E-state index in [-0.39, 0.29) is 12.5 Å². The van der Waals surface area contributed by atoms with Crippen LogP contribution in [0.1, 0.15) is 46.1 Å². The molecule has 1 N–H and O–H groups in total. The number of hydrogen-bond donors (Lipinski definition) is 1. The van der Waals surface area contributed by atoms with Gasteiger partial charge in [0.1, 0.15) is 17.2 Å². The zero-order valence-corrected chi connectivity index (χ0v) is 18.1. The molecular formula is C22H31N3O5. The van der Waals surface area contributed by atoms with Crippen LogP contribution in [-0.2, 0) is 25.5 Å². The number of nitrogens with one attached hydrogen (secondary N) is 1. The molecule has 0 bridgehead atoms. The molecule has 2 amide bonds. The van der Waals surface area contributed by atoms with E-state index in [0.717, 1.165) is 5.56 Å². The molecule has 8 nitrogen and oxygen atoms in total. The molecule has 2 atom stereocenters. The number of benzene rings is 1. The van der Waals surface area contributed by atoms with Crippen LogP contribution in [0.5, 0.6) is 0 Å². The van der Waals surface area contributed by atoms with Crippen molar-refractivity contribution in [3.63, 3.8) is 0 Å². The molecule has 0 radical (unpaired) electrons. The van der Waals surface area contributed by atoms with E-state index < -0.39 is 29.2 Å². The fourth-order valence-electron chi connectivity index (χ4n) is 4.06. The summed E-state index contributed by atoms with van der Waals surface area (Å²) in [5.41, 5.74) is -0.972. The highest BCUT2D eigenvalue weighted by Crippen LogP contribution is 2.33. The lowest BCUT2D eigenvalue weighted by Crippen LogP contribution is -2.69. The fourth-order valence-corrected chi connectivity index (χ4v) is 4.06. The zero-order chi connectivity index (χ0) is 21.9. The van der Waals surface area contributed by atoms with E-state index in [4.69, 9.17) is 9.47 Å².